The van der Waals surface area contributed by atoms with Gasteiger partial charge in [0.05, 0.1) is 75.5 Å². The molecule has 4 fully saturated rings. The number of rotatable bonds is 15. The van der Waals surface area contributed by atoms with Crippen LogP contribution in [0.4, 0.5) is 41.1 Å². The maximum Gasteiger partial charge on any atom is 0.273 e. The van der Waals surface area contributed by atoms with Crippen LogP contribution in [0.2, 0.25) is 0 Å². The number of alkyl halides is 4. The summed E-state index contributed by atoms with van der Waals surface area (Å²) in [4.78, 5) is 56.6. The highest BCUT2D eigenvalue weighted by atomic mass is 19.3. The van der Waals surface area contributed by atoms with Gasteiger partial charge in [-0.25, -0.2) is 56.8 Å². The van der Waals surface area contributed by atoms with E-state index in [2.05, 4.69) is 61.5 Å². The summed E-state index contributed by atoms with van der Waals surface area (Å²) in [6.07, 6.45) is 9.56. The number of nitrogen functional groups attached to an aromatic ring is 1. The Morgan fingerprint density at radius 2 is 1.15 bits per heavy atom. The molecule has 7 aromatic rings. The Labute approximate surface area is 462 Å². The van der Waals surface area contributed by atoms with Gasteiger partial charge in [0.25, 0.3) is 23.7 Å². The largest absolute Gasteiger partial charge is 0.497 e. The van der Waals surface area contributed by atoms with Gasteiger partial charge in [0.1, 0.15) is 23.1 Å². The first kappa shape index (κ1) is 53.1. The number of hydrogen-bond acceptors (Lipinski definition) is 18. The van der Waals surface area contributed by atoms with Crippen LogP contribution >= 0.6 is 0 Å². The zero-order chi connectivity index (χ0) is 56.6. The van der Waals surface area contributed by atoms with Gasteiger partial charge in [0.2, 0.25) is 11.9 Å². The molecule has 2 amide bonds. The first-order chi connectivity index (χ1) is 38.8. The van der Waals surface area contributed by atoms with Crippen molar-refractivity contribution in [3.05, 3.63) is 128 Å². The number of ether oxygens (including phenoxy) is 2. The summed E-state index contributed by atoms with van der Waals surface area (Å²) in [5, 5.41) is 26.0. The number of anilines is 4. The van der Waals surface area contributed by atoms with Gasteiger partial charge in [-0.15, -0.1) is 10.2 Å². The third kappa shape index (κ3) is 10.2. The van der Waals surface area contributed by atoms with E-state index in [0.29, 0.717) is 37.3 Å². The molecule has 2 saturated carbocycles. The van der Waals surface area contributed by atoms with Crippen LogP contribution in [0.15, 0.2) is 55.1 Å². The average Bonchev–Trinajstić information content (AvgIpc) is 4.39. The number of nitrogens with one attached hydrogen (secondary N) is 3. The van der Waals surface area contributed by atoms with Crippen molar-refractivity contribution in [2.75, 3.05) is 61.2 Å². The van der Waals surface area contributed by atoms with Crippen molar-refractivity contribution in [2.24, 2.45) is 23.7 Å². The fourth-order valence-electron chi connectivity index (χ4n) is 11.8. The topological polar surface area (TPSA) is 260 Å². The monoisotopic (exact) mass is 1110 g/mol. The van der Waals surface area contributed by atoms with Crippen molar-refractivity contribution in [3.8, 4) is 11.5 Å². The Hall–Kier alpha value is -8.58. The second kappa shape index (κ2) is 20.5. The minimum atomic E-state index is -2.55. The maximum atomic E-state index is 13.6. The first-order valence-corrected chi connectivity index (χ1v) is 26.9. The van der Waals surface area contributed by atoms with Crippen LogP contribution in [0, 0.1) is 51.4 Å². The number of aryl methyl sites for hydroxylation is 4. The van der Waals surface area contributed by atoms with E-state index in [1.165, 1.54) is 0 Å². The predicted octanol–water partition coefficient (Wildman–Crippen LogP) is 5.71. The number of pyridine rings is 2. The van der Waals surface area contributed by atoms with Crippen molar-refractivity contribution in [3.63, 3.8) is 0 Å². The minimum Gasteiger partial charge on any atom is -0.497 e. The zero-order valence-electron chi connectivity index (χ0n) is 45.4. The summed E-state index contributed by atoms with van der Waals surface area (Å²) in [6, 6.07) is 9.35. The summed E-state index contributed by atoms with van der Waals surface area (Å²) in [7, 11) is 3.25. The Bertz CT molecular complexity index is 3590. The number of carbonyl (C=O) groups excluding carboxylic acids is 2. The van der Waals surface area contributed by atoms with Crippen molar-refractivity contribution in [2.45, 2.75) is 96.9 Å². The molecule has 0 bridgehead atoms. The lowest BCUT2D eigenvalue weighted by Crippen LogP contribution is -2.29. The molecular weight excluding hydrogens is 1050 g/mol. The van der Waals surface area contributed by atoms with Gasteiger partial charge in [0, 0.05) is 90.6 Å². The summed E-state index contributed by atoms with van der Waals surface area (Å²) in [6.45, 7) is 9.80. The molecular formula is C55H60F4N18O4. The Balaban J connectivity index is 0.000000167. The van der Waals surface area contributed by atoms with Crippen LogP contribution in [-0.2, 0) is 32.5 Å². The summed E-state index contributed by atoms with van der Waals surface area (Å²) in [5.41, 5.74) is 16.2. The maximum absolute atomic E-state index is 13.6. The molecule has 8 heterocycles. The number of aromatic nitrogens is 12. The Morgan fingerprint density at radius 3 is 1.64 bits per heavy atom. The molecule has 22 nitrogen and oxygen atoms in total. The number of amides is 2. The molecule has 4 aliphatic carbocycles. The third-order valence-corrected chi connectivity index (χ3v) is 16.6. The van der Waals surface area contributed by atoms with Crippen molar-refractivity contribution >= 4 is 35.3 Å². The average molecular weight is 1110 g/mol. The van der Waals surface area contributed by atoms with Crippen LogP contribution in [0.25, 0.3) is 0 Å². The van der Waals surface area contributed by atoms with Gasteiger partial charge in [-0.1, -0.05) is 10.4 Å². The van der Waals surface area contributed by atoms with Crippen LogP contribution in [-0.4, -0.2) is 124 Å². The molecule has 0 radical (unpaired) electrons. The van der Waals surface area contributed by atoms with E-state index in [1.807, 2.05) is 67.8 Å². The Morgan fingerprint density at radius 1 is 0.654 bits per heavy atom. The van der Waals surface area contributed by atoms with Crippen molar-refractivity contribution in [1.82, 2.24) is 70.5 Å². The van der Waals surface area contributed by atoms with Gasteiger partial charge in [-0.05, 0) is 99.9 Å². The summed E-state index contributed by atoms with van der Waals surface area (Å²) >= 11 is 0. The van der Waals surface area contributed by atoms with Crippen LogP contribution in [0.1, 0.15) is 108 Å². The fourth-order valence-corrected chi connectivity index (χ4v) is 11.8. The second-order valence-electron chi connectivity index (χ2n) is 21.8. The smallest absolute Gasteiger partial charge is 0.273 e. The summed E-state index contributed by atoms with van der Waals surface area (Å²) in [5.74, 6) is -4.38. The zero-order valence-corrected chi connectivity index (χ0v) is 45.4. The highest BCUT2D eigenvalue weighted by Gasteiger charge is 2.72. The fraction of sp³-hybridized carbons (Fsp3) is 0.455. The Kier molecular flexibility index (Phi) is 13.4. The van der Waals surface area contributed by atoms with E-state index >= 15 is 0 Å². The molecule has 422 valence electrons. The molecule has 6 atom stereocenters. The quantitative estimate of drug-likeness (QED) is 0.0897. The number of fused-ring (bicyclic) bond motifs is 4. The molecule has 2 aliphatic heterocycles. The molecule has 6 aliphatic rings. The number of nitrogens with two attached hydrogens (primary N) is 1. The molecule has 5 N–H and O–H groups in total. The van der Waals surface area contributed by atoms with Crippen molar-refractivity contribution < 1.29 is 36.6 Å². The van der Waals surface area contributed by atoms with Crippen LogP contribution < -0.4 is 41.0 Å². The molecule has 81 heavy (non-hydrogen) atoms. The molecule has 1 aromatic carbocycles. The van der Waals surface area contributed by atoms with E-state index in [0.717, 1.165) is 105 Å². The molecule has 0 spiro atoms. The first-order valence-electron chi connectivity index (χ1n) is 26.9. The van der Waals surface area contributed by atoms with Gasteiger partial charge < -0.3 is 41.0 Å². The third-order valence-electron chi connectivity index (χ3n) is 16.6. The lowest BCUT2D eigenvalue weighted by molar-refractivity contribution is 0.0790. The normalized spacial score (nSPS) is 22.0. The van der Waals surface area contributed by atoms with E-state index in [9.17, 15) is 27.2 Å². The number of piperidine rings is 2. The highest BCUT2D eigenvalue weighted by Crippen LogP contribution is 2.60. The number of halogens is 4. The van der Waals surface area contributed by atoms with Crippen LogP contribution in [0.5, 0.6) is 11.5 Å². The highest BCUT2D eigenvalue weighted by molar-refractivity contribution is 5.93. The van der Waals surface area contributed by atoms with Gasteiger partial charge in [-0.2, -0.15) is 0 Å². The molecule has 6 aromatic heterocycles. The molecule has 4 unspecified atom stereocenters. The lowest BCUT2D eigenvalue weighted by Gasteiger charge is -2.20. The van der Waals surface area contributed by atoms with Gasteiger partial charge in [-0.3, -0.25) is 9.59 Å². The lowest BCUT2D eigenvalue weighted by atomic mass is 10.1. The van der Waals surface area contributed by atoms with Crippen LogP contribution in [0.3, 0.4) is 0 Å². The summed E-state index contributed by atoms with van der Waals surface area (Å²) < 4.78 is 68.1. The molecule has 13 rings (SSSR count). The van der Waals surface area contributed by atoms with E-state index in [4.69, 9.17) is 20.2 Å². The van der Waals surface area contributed by atoms with Gasteiger partial charge >= 0.3 is 0 Å². The number of hydrogen-bond donors (Lipinski definition) is 4. The van der Waals surface area contributed by atoms with E-state index in [1.54, 1.807) is 48.4 Å². The standard InChI is InChI=1S/C32H35F2N9O3.C23H25F2N9O/c1-17-9-23-22(29(37-17)35-11-19-5-6-21(45-3)10-28(19)46-4)7-8-26(23)39-30(44)27-16-43(41-40-27)13-20-12-36-31(38-18(20)2)42-14-24-25(15-42)32(24,33)34;1-11-5-15-14(20(26)28-11)3-4-18(15)30-21(35)19-10-34(32-31-19)7-13-6-27-22(29-12(13)2)33-8-16-17(9-33)23(16,24)25/h5-6,9-10,12,16,24-26H,7-8,11,13-15H2,1-4H3,(H,35,37)(H,39,44);5-6,10,16-18H,3-4,7-9H2,1-2H3,(H2,26,28)(H,30,35)/t24?,25?,26-;16?,17?,18-/m11/s1. The number of benzene rings is 1. The van der Waals surface area contributed by atoms with E-state index in [-0.39, 0.29) is 61.5 Å². The number of methoxy groups -OCH3 is 2. The number of carbonyl (C=O) groups is 2. The molecule has 26 heteroatoms. The number of nitrogens with zero attached hydrogens (tertiary/aromatic N) is 14. The second-order valence-corrected chi connectivity index (χ2v) is 21.8. The van der Waals surface area contributed by atoms with Crippen molar-refractivity contribution in [1.29, 1.82) is 0 Å². The molecule has 2 saturated heterocycles. The SMILES string of the molecule is COc1ccc(CNc2nc(C)cc3c2CC[C@H]3NC(=O)c2cn(Cc3cnc(N4CC5C(C4)C5(F)F)nc3C)nn2)c(OC)c1.Cc1cc2c(c(N)n1)CC[C@H]2NC(=O)c1cn(Cc2cnc(N3CC4C(C3)C4(F)F)nc2C)nn1. The van der Waals surface area contributed by atoms with Gasteiger partial charge in [0.15, 0.2) is 11.4 Å². The minimum absolute atomic E-state index is 0.147. The predicted molar refractivity (Wildman–Crippen MR) is 286 cm³/mol. The van der Waals surface area contributed by atoms with E-state index < -0.39 is 35.5 Å².